The zero-order chi connectivity index (χ0) is 20.9. The second-order valence-corrected chi connectivity index (χ2v) is 7.05. The van der Waals surface area contributed by atoms with Gasteiger partial charge in [0, 0.05) is 28.5 Å². The third-order valence-corrected chi connectivity index (χ3v) is 4.51. The van der Waals surface area contributed by atoms with E-state index in [0.717, 1.165) is 51.3 Å². The van der Waals surface area contributed by atoms with Crippen LogP contribution in [0.3, 0.4) is 0 Å². The number of carboxylic acids is 1. The molecule has 0 spiro atoms. The summed E-state index contributed by atoms with van der Waals surface area (Å²) in [6, 6.07) is 16.4. The normalized spacial score (nSPS) is 11.8. The molecule has 0 saturated carbocycles. The van der Waals surface area contributed by atoms with E-state index >= 15 is 0 Å². The summed E-state index contributed by atoms with van der Waals surface area (Å²) in [7, 11) is 0. The minimum atomic E-state index is -0.711. The lowest BCUT2D eigenvalue weighted by Gasteiger charge is -1.86. The maximum atomic E-state index is 9.60. The second kappa shape index (κ2) is 8.61. The molecule has 3 N–H and O–H groups in total. The summed E-state index contributed by atoms with van der Waals surface area (Å²) in [6.07, 6.45) is 9.07. The van der Waals surface area contributed by atoms with Crippen LogP contribution in [0.5, 0.6) is 0 Å². The van der Waals surface area contributed by atoms with E-state index in [1.165, 1.54) is 0 Å². The summed E-state index contributed by atoms with van der Waals surface area (Å²) in [5.74, 6) is -0.711. The van der Waals surface area contributed by atoms with Gasteiger partial charge in [-0.2, -0.15) is 0 Å². The standard InChI is InChI=1S/C20H14N4.C4H8O2/c1-2-14-10-16-5-6-18(23-16)12-20-8-7-19(24-20)11-17-4-3-15(22-17)9-13(1)21-14;1-2-3-4(5)6/h1-12,21-22H;2-3H2,1H3,(H,5,6). The predicted molar refractivity (Wildman–Crippen MR) is 121 cm³/mol. The smallest absolute Gasteiger partial charge is 0.303 e. The summed E-state index contributed by atoms with van der Waals surface area (Å²) in [5.41, 5.74) is 7.86. The molecule has 0 aliphatic carbocycles. The highest BCUT2D eigenvalue weighted by Crippen LogP contribution is 2.17. The quantitative estimate of drug-likeness (QED) is 0.364. The summed E-state index contributed by atoms with van der Waals surface area (Å²) >= 11 is 0. The molecule has 0 fully saturated rings. The number of nitrogens with zero attached hydrogens (tertiary/aromatic N) is 2. The Bertz CT molecular complexity index is 1210. The molecule has 3 aromatic heterocycles. The summed E-state index contributed by atoms with van der Waals surface area (Å²) < 4.78 is 0. The van der Waals surface area contributed by atoms with E-state index in [-0.39, 0.29) is 0 Å². The lowest BCUT2D eigenvalue weighted by Crippen LogP contribution is -1.90. The van der Waals surface area contributed by atoms with Crippen LogP contribution >= 0.6 is 0 Å². The van der Waals surface area contributed by atoms with E-state index in [1.807, 2.05) is 49.4 Å². The first-order chi connectivity index (χ1) is 14.6. The zero-order valence-electron chi connectivity index (χ0n) is 16.6. The fourth-order valence-electron chi connectivity index (χ4n) is 3.16. The van der Waals surface area contributed by atoms with Gasteiger partial charge in [-0.1, -0.05) is 6.92 Å². The zero-order valence-corrected chi connectivity index (χ0v) is 16.6. The Labute approximate surface area is 173 Å². The van der Waals surface area contributed by atoms with Crippen LogP contribution in [0.15, 0.2) is 48.5 Å². The van der Waals surface area contributed by atoms with Crippen molar-refractivity contribution >= 4 is 52.3 Å². The van der Waals surface area contributed by atoms with Crippen LogP contribution in [0.25, 0.3) is 46.4 Å². The van der Waals surface area contributed by atoms with Crippen LogP contribution < -0.4 is 0 Å². The summed E-state index contributed by atoms with van der Waals surface area (Å²) in [6.45, 7) is 1.84. The molecule has 0 aromatic carbocycles. The Kier molecular flexibility index (Phi) is 5.57. The van der Waals surface area contributed by atoms with E-state index in [2.05, 4.69) is 50.3 Å². The monoisotopic (exact) mass is 398 g/mol. The van der Waals surface area contributed by atoms with Crippen molar-refractivity contribution in [2.45, 2.75) is 19.8 Å². The average molecular weight is 398 g/mol. The van der Waals surface area contributed by atoms with E-state index in [1.54, 1.807) is 0 Å². The van der Waals surface area contributed by atoms with Gasteiger partial charge >= 0.3 is 5.97 Å². The van der Waals surface area contributed by atoms with Crippen molar-refractivity contribution in [2.24, 2.45) is 0 Å². The Hall–Kier alpha value is -3.93. The molecule has 5 heterocycles. The number of aromatic nitrogens is 4. The molecule has 0 saturated heterocycles. The number of rotatable bonds is 2. The molecule has 0 unspecified atom stereocenters. The number of fused-ring (bicyclic) bond motifs is 8. The first-order valence-electron chi connectivity index (χ1n) is 9.83. The van der Waals surface area contributed by atoms with Crippen LogP contribution in [0, 0.1) is 0 Å². The van der Waals surface area contributed by atoms with E-state index in [4.69, 9.17) is 5.11 Å². The van der Waals surface area contributed by atoms with E-state index in [9.17, 15) is 4.79 Å². The van der Waals surface area contributed by atoms with Crippen molar-refractivity contribution in [2.75, 3.05) is 0 Å². The first-order valence-corrected chi connectivity index (χ1v) is 9.83. The molecule has 0 amide bonds. The minimum Gasteiger partial charge on any atom is -0.481 e. The predicted octanol–water partition coefficient (Wildman–Crippen LogP) is 5.53. The van der Waals surface area contributed by atoms with Gasteiger partial charge < -0.3 is 15.1 Å². The van der Waals surface area contributed by atoms with Crippen LogP contribution in [-0.4, -0.2) is 31.0 Å². The van der Waals surface area contributed by atoms with E-state index in [0.29, 0.717) is 6.42 Å². The molecule has 2 aliphatic rings. The maximum Gasteiger partial charge on any atom is 0.303 e. The molecule has 2 aliphatic heterocycles. The molecule has 150 valence electrons. The number of nitrogens with one attached hydrogen (secondary N) is 2. The van der Waals surface area contributed by atoms with Crippen LogP contribution in [0.1, 0.15) is 42.5 Å². The molecule has 0 atom stereocenters. The molecule has 0 radical (unpaired) electrons. The molecular weight excluding hydrogens is 376 g/mol. The Balaban J connectivity index is 0.000000322. The Morgan fingerprint density at radius 1 is 0.733 bits per heavy atom. The van der Waals surface area contributed by atoms with Crippen molar-refractivity contribution < 1.29 is 9.90 Å². The minimum absolute atomic E-state index is 0.292. The van der Waals surface area contributed by atoms with Crippen LogP contribution in [-0.2, 0) is 4.79 Å². The molecular formula is C24H22N4O2. The summed E-state index contributed by atoms with van der Waals surface area (Å²) in [5, 5.41) is 7.91. The number of aliphatic carboxylic acids is 1. The van der Waals surface area contributed by atoms with Crippen molar-refractivity contribution in [1.29, 1.82) is 0 Å². The first kappa shape index (κ1) is 19.4. The fourth-order valence-corrected chi connectivity index (χ4v) is 3.16. The number of hydrogen-bond acceptors (Lipinski definition) is 3. The molecule has 30 heavy (non-hydrogen) atoms. The number of hydrogen-bond donors (Lipinski definition) is 3. The fraction of sp³-hybridized carbons (Fsp3) is 0.125. The topological polar surface area (TPSA) is 94.7 Å². The van der Waals surface area contributed by atoms with Gasteiger partial charge in [0.1, 0.15) is 0 Å². The third-order valence-electron chi connectivity index (χ3n) is 4.51. The van der Waals surface area contributed by atoms with Crippen molar-refractivity contribution in [1.82, 2.24) is 19.9 Å². The van der Waals surface area contributed by atoms with Crippen LogP contribution in [0.2, 0.25) is 0 Å². The SMILES string of the molecule is C1=Cc2cc3ccc(cc4ccc(cc5nc(cc1n2)C=C5)[nH]4)[nH]3.CCCC(=O)O. The number of H-pyrrole nitrogens is 2. The van der Waals surface area contributed by atoms with Gasteiger partial charge in [-0.3, -0.25) is 4.79 Å². The Morgan fingerprint density at radius 3 is 1.50 bits per heavy atom. The maximum absolute atomic E-state index is 9.60. The Morgan fingerprint density at radius 2 is 1.13 bits per heavy atom. The van der Waals surface area contributed by atoms with E-state index < -0.39 is 5.97 Å². The molecule has 5 rings (SSSR count). The summed E-state index contributed by atoms with van der Waals surface area (Å²) in [4.78, 5) is 25.6. The molecule has 6 heteroatoms. The lowest BCUT2D eigenvalue weighted by molar-refractivity contribution is -0.137. The van der Waals surface area contributed by atoms with Gasteiger partial charge in [-0.15, -0.1) is 0 Å². The number of carbonyl (C=O) groups is 1. The third kappa shape index (κ3) is 4.91. The van der Waals surface area contributed by atoms with Gasteiger partial charge in [-0.25, -0.2) is 9.97 Å². The molecule has 3 aromatic rings. The molecule has 6 nitrogen and oxygen atoms in total. The highest BCUT2D eigenvalue weighted by molar-refractivity contribution is 5.77. The van der Waals surface area contributed by atoms with Gasteiger partial charge in [0.25, 0.3) is 0 Å². The number of carboxylic acid groups (broad SMARTS) is 1. The van der Waals surface area contributed by atoms with Crippen molar-refractivity contribution in [3.8, 4) is 0 Å². The van der Waals surface area contributed by atoms with Gasteiger partial charge in [0.05, 0.1) is 22.8 Å². The van der Waals surface area contributed by atoms with Crippen LogP contribution in [0.4, 0.5) is 0 Å². The highest BCUT2D eigenvalue weighted by atomic mass is 16.4. The van der Waals surface area contributed by atoms with Gasteiger partial charge in [0.2, 0.25) is 0 Å². The van der Waals surface area contributed by atoms with Crippen molar-refractivity contribution in [3.63, 3.8) is 0 Å². The average Bonchev–Trinajstić information content (AvgIpc) is 3.47. The largest absolute Gasteiger partial charge is 0.481 e. The van der Waals surface area contributed by atoms with Gasteiger partial charge in [0.15, 0.2) is 0 Å². The second-order valence-electron chi connectivity index (χ2n) is 7.05. The lowest BCUT2D eigenvalue weighted by atomic mass is 10.3. The number of aromatic amines is 2. The van der Waals surface area contributed by atoms with Crippen molar-refractivity contribution in [3.05, 3.63) is 71.3 Å². The molecule has 8 bridgehead atoms. The highest BCUT2D eigenvalue weighted by Gasteiger charge is 2.02. The van der Waals surface area contributed by atoms with Gasteiger partial charge in [-0.05, 0) is 79.3 Å².